The first kappa shape index (κ1) is 12.3. The van der Waals surface area contributed by atoms with Gasteiger partial charge in [-0.3, -0.25) is 0 Å². The van der Waals surface area contributed by atoms with Crippen LogP contribution in [0.1, 0.15) is 48.4 Å². The van der Waals surface area contributed by atoms with Gasteiger partial charge in [-0.1, -0.05) is 18.9 Å². The van der Waals surface area contributed by atoms with Crippen LogP contribution in [0.3, 0.4) is 0 Å². The number of nitrogens with two attached hydrogens (primary N) is 1. The van der Waals surface area contributed by atoms with Crippen molar-refractivity contribution in [3.8, 4) is 5.69 Å². The van der Waals surface area contributed by atoms with Gasteiger partial charge in [0.25, 0.3) is 0 Å². The second kappa shape index (κ2) is 4.72. The van der Waals surface area contributed by atoms with Gasteiger partial charge in [0.1, 0.15) is 5.82 Å². The summed E-state index contributed by atoms with van der Waals surface area (Å²) < 4.78 is 1.88. The van der Waals surface area contributed by atoms with Crippen molar-refractivity contribution < 1.29 is 0 Å². The molecule has 1 fully saturated rings. The highest BCUT2D eigenvalue weighted by Crippen LogP contribution is 2.34. The minimum atomic E-state index is 0.606. The summed E-state index contributed by atoms with van der Waals surface area (Å²) in [6, 6.07) is 8.48. The average Bonchev–Trinajstić information content (AvgIpc) is 2.95. The summed E-state index contributed by atoms with van der Waals surface area (Å²) in [7, 11) is 0. The smallest absolute Gasteiger partial charge is 0.127 e. The molecule has 1 aliphatic rings. The van der Waals surface area contributed by atoms with Crippen molar-refractivity contribution in [1.29, 1.82) is 0 Å². The van der Waals surface area contributed by atoms with E-state index in [2.05, 4.69) is 32.0 Å². The predicted molar refractivity (Wildman–Crippen MR) is 78.7 cm³/mol. The minimum Gasteiger partial charge on any atom is -0.384 e. The zero-order valence-corrected chi connectivity index (χ0v) is 11.7. The lowest BCUT2D eigenvalue weighted by Gasteiger charge is -2.07. The van der Waals surface area contributed by atoms with Gasteiger partial charge in [-0.2, -0.15) is 5.10 Å². The van der Waals surface area contributed by atoms with E-state index >= 15 is 0 Å². The summed E-state index contributed by atoms with van der Waals surface area (Å²) in [5.74, 6) is 1.35. The number of benzene rings is 1. The summed E-state index contributed by atoms with van der Waals surface area (Å²) in [6.07, 6.45) is 5.15. The molecule has 3 nitrogen and oxygen atoms in total. The number of anilines is 1. The van der Waals surface area contributed by atoms with Crippen molar-refractivity contribution in [2.45, 2.75) is 45.4 Å². The van der Waals surface area contributed by atoms with Gasteiger partial charge in [0.15, 0.2) is 0 Å². The van der Waals surface area contributed by atoms with E-state index in [1.54, 1.807) is 0 Å². The molecule has 0 spiro atoms. The van der Waals surface area contributed by atoms with Crippen LogP contribution in [0.25, 0.3) is 5.69 Å². The molecule has 1 aliphatic carbocycles. The highest BCUT2D eigenvalue weighted by molar-refractivity contribution is 5.46. The van der Waals surface area contributed by atoms with Gasteiger partial charge < -0.3 is 5.73 Å². The van der Waals surface area contributed by atoms with Gasteiger partial charge in [-0.25, -0.2) is 4.68 Å². The fourth-order valence-electron chi connectivity index (χ4n) is 3.12. The summed E-state index contributed by atoms with van der Waals surface area (Å²) >= 11 is 0. The van der Waals surface area contributed by atoms with E-state index in [0.29, 0.717) is 5.92 Å². The molecule has 1 aromatic carbocycles. The van der Waals surface area contributed by atoms with Crippen molar-refractivity contribution >= 4 is 5.82 Å². The first-order valence-corrected chi connectivity index (χ1v) is 7.07. The Morgan fingerprint density at radius 1 is 1.05 bits per heavy atom. The van der Waals surface area contributed by atoms with Crippen molar-refractivity contribution in [2.75, 3.05) is 5.73 Å². The van der Waals surface area contributed by atoms with Gasteiger partial charge in [0.2, 0.25) is 0 Å². The fraction of sp³-hybridized carbons (Fsp3) is 0.438. The molecule has 0 saturated heterocycles. The summed E-state index contributed by atoms with van der Waals surface area (Å²) in [6.45, 7) is 4.21. The highest BCUT2D eigenvalue weighted by atomic mass is 15.3. The topological polar surface area (TPSA) is 43.8 Å². The SMILES string of the molecule is Cc1cc(C)cc(-n2nc(C3CCCC3)cc2N)c1. The van der Waals surface area contributed by atoms with E-state index in [4.69, 9.17) is 10.8 Å². The Hall–Kier alpha value is -1.77. The third kappa shape index (κ3) is 2.37. The molecular formula is C16H21N3. The lowest BCUT2D eigenvalue weighted by Crippen LogP contribution is -2.03. The Balaban J connectivity index is 2.00. The minimum absolute atomic E-state index is 0.606. The average molecular weight is 255 g/mol. The summed E-state index contributed by atoms with van der Waals surface area (Å²) in [5.41, 5.74) is 10.9. The van der Waals surface area contributed by atoms with Crippen LogP contribution in [0.2, 0.25) is 0 Å². The van der Waals surface area contributed by atoms with Crippen LogP contribution in [0.15, 0.2) is 24.3 Å². The fourth-order valence-corrected chi connectivity index (χ4v) is 3.12. The monoisotopic (exact) mass is 255 g/mol. The van der Waals surface area contributed by atoms with Crippen LogP contribution >= 0.6 is 0 Å². The van der Waals surface area contributed by atoms with Gasteiger partial charge in [-0.05, 0) is 49.9 Å². The molecule has 0 atom stereocenters. The number of aromatic nitrogens is 2. The van der Waals surface area contributed by atoms with Gasteiger partial charge in [-0.15, -0.1) is 0 Å². The predicted octanol–water partition coefficient (Wildman–Crippen LogP) is 3.73. The highest BCUT2D eigenvalue weighted by Gasteiger charge is 2.21. The lowest BCUT2D eigenvalue weighted by molar-refractivity contribution is 0.679. The number of hydrogen-bond donors (Lipinski definition) is 1. The Morgan fingerprint density at radius 3 is 2.32 bits per heavy atom. The molecule has 0 bridgehead atoms. The van der Waals surface area contributed by atoms with Crippen LogP contribution in [0.5, 0.6) is 0 Å². The molecular weight excluding hydrogens is 234 g/mol. The second-order valence-electron chi connectivity index (χ2n) is 5.73. The van der Waals surface area contributed by atoms with Crippen molar-refractivity contribution in [3.63, 3.8) is 0 Å². The van der Waals surface area contributed by atoms with E-state index in [0.717, 1.165) is 17.2 Å². The summed E-state index contributed by atoms with van der Waals surface area (Å²) in [4.78, 5) is 0. The van der Waals surface area contributed by atoms with Crippen molar-refractivity contribution in [2.24, 2.45) is 0 Å². The standard InChI is InChI=1S/C16H21N3/c1-11-7-12(2)9-14(8-11)19-16(17)10-15(18-19)13-5-3-4-6-13/h7-10,13H,3-6,17H2,1-2H3. The zero-order chi connectivity index (χ0) is 13.4. The molecule has 1 heterocycles. The summed E-state index contributed by atoms with van der Waals surface area (Å²) in [5, 5.41) is 4.74. The maximum absolute atomic E-state index is 6.14. The van der Waals surface area contributed by atoms with E-state index in [9.17, 15) is 0 Å². The molecule has 0 radical (unpaired) electrons. The number of aryl methyl sites for hydroxylation is 2. The van der Waals surface area contributed by atoms with Crippen LogP contribution in [-0.2, 0) is 0 Å². The molecule has 0 aliphatic heterocycles. The Morgan fingerprint density at radius 2 is 1.68 bits per heavy atom. The van der Waals surface area contributed by atoms with Crippen molar-refractivity contribution in [1.82, 2.24) is 9.78 Å². The maximum atomic E-state index is 6.14. The maximum Gasteiger partial charge on any atom is 0.127 e. The lowest BCUT2D eigenvalue weighted by atomic mass is 10.1. The van der Waals surface area contributed by atoms with Crippen molar-refractivity contribution in [3.05, 3.63) is 41.1 Å². The van der Waals surface area contributed by atoms with E-state index in [1.807, 2.05) is 10.7 Å². The van der Waals surface area contributed by atoms with Gasteiger partial charge in [0, 0.05) is 12.0 Å². The zero-order valence-electron chi connectivity index (χ0n) is 11.7. The number of nitrogen functional groups attached to an aromatic ring is 1. The number of hydrogen-bond acceptors (Lipinski definition) is 2. The van der Waals surface area contributed by atoms with Gasteiger partial charge in [0.05, 0.1) is 11.4 Å². The molecule has 100 valence electrons. The third-order valence-electron chi connectivity index (χ3n) is 3.98. The van der Waals surface area contributed by atoms with Crippen LogP contribution < -0.4 is 5.73 Å². The molecule has 1 saturated carbocycles. The number of nitrogens with zero attached hydrogens (tertiary/aromatic N) is 2. The molecule has 3 heteroatoms. The van der Waals surface area contributed by atoms with E-state index < -0.39 is 0 Å². The normalized spacial score (nSPS) is 16.1. The second-order valence-corrected chi connectivity index (χ2v) is 5.73. The first-order chi connectivity index (χ1) is 9.13. The van der Waals surface area contributed by atoms with Gasteiger partial charge >= 0.3 is 0 Å². The Kier molecular flexibility index (Phi) is 3.05. The third-order valence-corrected chi connectivity index (χ3v) is 3.98. The van der Waals surface area contributed by atoms with Crippen LogP contribution in [0, 0.1) is 13.8 Å². The van der Waals surface area contributed by atoms with E-state index in [-0.39, 0.29) is 0 Å². The molecule has 1 aromatic heterocycles. The molecule has 2 N–H and O–H groups in total. The quantitative estimate of drug-likeness (QED) is 0.888. The molecule has 19 heavy (non-hydrogen) atoms. The Bertz CT molecular complexity index is 572. The largest absolute Gasteiger partial charge is 0.384 e. The molecule has 0 unspecified atom stereocenters. The Labute approximate surface area is 114 Å². The van der Waals surface area contributed by atoms with Crippen LogP contribution in [0.4, 0.5) is 5.82 Å². The van der Waals surface area contributed by atoms with E-state index in [1.165, 1.54) is 36.8 Å². The molecule has 3 rings (SSSR count). The molecule has 0 amide bonds. The van der Waals surface area contributed by atoms with Crippen LogP contribution in [-0.4, -0.2) is 9.78 Å². The molecule has 2 aromatic rings. The number of rotatable bonds is 2. The first-order valence-electron chi connectivity index (χ1n) is 7.07.